The van der Waals surface area contributed by atoms with Crippen molar-refractivity contribution in [3.63, 3.8) is 0 Å². The quantitative estimate of drug-likeness (QED) is 0.782. The summed E-state index contributed by atoms with van der Waals surface area (Å²) in [5.74, 6) is -0.210. The van der Waals surface area contributed by atoms with Crippen LogP contribution in [-0.4, -0.2) is 43.0 Å². The van der Waals surface area contributed by atoms with Gasteiger partial charge in [-0.1, -0.05) is 0 Å². The van der Waals surface area contributed by atoms with Crippen molar-refractivity contribution in [3.05, 3.63) is 34.4 Å². The van der Waals surface area contributed by atoms with Crippen molar-refractivity contribution in [2.45, 2.75) is 65.2 Å². The molecule has 2 aliphatic heterocycles. The maximum Gasteiger partial charge on any atom is 0.435 e. The molecule has 2 atom stereocenters. The number of amides is 1. The molecule has 2 aromatic heterocycles. The number of carbonyl (C=O) groups excluding carboxylic acids is 1. The molecule has 152 valence electrons. The van der Waals surface area contributed by atoms with Crippen LogP contribution in [0.3, 0.4) is 0 Å². The smallest absolute Gasteiger partial charge is 0.369 e. The van der Waals surface area contributed by atoms with Crippen molar-refractivity contribution in [3.8, 4) is 0 Å². The average molecular weight is 397 g/mol. The SMILES string of the molecule is CCn1nc2c(c1C(=O)N1CCn3nc(C(F)(F)F)cc3C1)C[C@H](C)O[C@@H]2C. The van der Waals surface area contributed by atoms with Gasteiger partial charge < -0.3 is 9.64 Å². The van der Waals surface area contributed by atoms with Gasteiger partial charge in [-0.3, -0.25) is 14.2 Å². The predicted octanol–water partition coefficient (Wildman–Crippen LogP) is 2.80. The highest BCUT2D eigenvalue weighted by Gasteiger charge is 2.38. The van der Waals surface area contributed by atoms with E-state index >= 15 is 0 Å². The number of halogens is 3. The van der Waals surface area contributed by atoms with E-state index in [1.807, 2.05) is 20.8 Å². The first kappa shape index (κ1) is 19.0. The summed E-state index contributed by atoms with van der Waals surface area (Å²) in [6, 6.07) is 1.02. The number of fused-ring (bicyclic) bond motifs is 2. The highest BCUT2D eigenvalue weighted by Crippen LogP contribution is 2.33. The lowest BCUT2D eigenvalue weighted by molar-refractivity contribution is -0.141. The largest absolute Gasteiger partial charge is 0.435 e. The Kier molecular flexibility index (Phi) is 4.48. The van der Waals surface area contributed by atoms with Crippen molar-refractivity contribution in [2.24, 2.45) is 0 Å². The second-order valence-corrected chi connectivity index (χ2v) is 7.29. The number of ether oxygens (including phenoxy) is 1. The normalized spacial score (nSPS) is 22.1. The summed E-state index contributed by atoms with van der Waals surface area (Å²) < 4.78 is 47.6. The monoisotopic (exact) mass is 397 g/mol. The second kappa shape index (κ2) is 6.61. The van der Waals surface area contributed by atoms with Crippen LogP contribution in [0.4, 0.5) is 13.2 Å². The minimum absolute atomic E-state index is 0.0271. The molecule has 7 nitrogen and oxygen atoms in total. The standard InChI is InChI=1S/C18H22F3N5O2/c1-4-25-16(13-7-10(2)28-11(3)15(13)23-25)17(27)24-5-6-26-12(9-24)8-14(22-26)18(19,20)21/h8,10-11H,4-7,9H2,1-3H3/t10-,11+/m0/s1. The first-order valence-electron chi connectivity index (χ1n) is 9.37. The molecule has 4 rings (SSSR count). The van der Waals surface area contributed by atoms with Crippen LogP contribution in [0.2, 0.25) is 0 Å². The van der Waals surface area contributed by atoms with E-state index in [2.05, 4.69) is 10.2 Å². The molecule has 0 N–H and O–H groups in total. The number of nitrogens with zero attached hydrogens (tertiary/aromatic N) is 5. The molecular formula is C18H22F3N5O2. The van der Waals surface area contributed by atoms with Gasteiger partial charge >= 0.3 is 6.18 Å². The Morgan fingerprint density at radius 2 is 2.04 bits per heavy atom. The lowest BCUT2D eigenvalue weighted by Gasteiger charge is -2.29. The Balaban J connectivity index is 1.65. The van der Waals surface area contributed by atoms with Gasteiger partial charge in [0.1, 0.15) is 5.69 Å². The fraction of sp³-hybridized carbons (Fsp3) is 0.611. The Bertz CT molecular complexity index is 917. The van der Waals surface area contributed by atoms with E-state index in [1.54, 1.807) is 9.58 Å². The molecule has 0 unspecified atom stereocenters. The van der Waals surface area contributed by atoms with Gasteiger partial charge in [0.05, 0.1) is 36.7 Å². The van der Waals surface area contributed by atoms with Gasteiger partial charge in [-0.2, -0.15) is 23.4 Å². The molecule has 28 heavy (non-hydrogen) atoms. The van der Waals surface area contributed by atoms with Crippen LogP contribution in [0.25, 0.3) is 0 Å². The van der Waals surface area contributed by atoms with E-state index in [-0.39, 0.29) is 31.2 Å². The molecule has 0 aromatic carbocycles. The molecular weight excluding hydrogens is 375 g/mol. The van der Waals surface area contributed by atoms with E-state index in [0.29, 0.717) is 30.9 Å². The lowest BCUT2D eigenvalue weighted by atomic mass is 9.99. The molecule has 0 radical (unpaired) electrons. The summed E-state index contributed by atoms with van der Waals surface area (Å²) in [6.45, 7) is 6.92. The predicted molar refractivity (Wildman–Crippen MR) is 92.5 cm³/mol. The third kappa shape index (κ3) is 3.09. The van der Waals surface area contributed by atoms with E-state index in [0.717, 1.165) is 17.3 Å². The highest BCUT2D eigenvalue weighted by atomic mass is 19.4. The third-order valence-electron chi connectivity index (χ3n) is 5.27. The maximum absolute atomic E-state index is 13.3. The van der Waals surface area contributed by atoms with Crippen LogP contribution < -0.4 is 0 Å². The Labute approximate surface area is 160 Å². The number of alkyl halides is 3. The molecule has 0 aliphatic carbocycles. The molecule has 10 heteroatoms. The maximum atomic E-state index is 13.3. The summed E-state index contributed by atoms with van der Waals surface area (Å²) >= 11 is 0. The van der Waals surface area contributed by atoms with E-state index in [4.69, 9.17) is 4.74 Å². The molecule has 0 saturated heterocycles. The molecule has 2 aliphatic rings. The van der Waals surface area contributed by atoms with Crippen LogP contribution in [0.5, 0.6) is 0 Å². The van der Waals surface area contributed by atoms with E-state index in [1.165, 1.54) is 4.68 Å². The zero-order chi connectivity index (χ0) is 20.2. The minimum atomic E-state index is -4.49. The number of hydrogen-bond acceptors (Lipinski definition) is 4. The van der Waals surface area contributed by atoms with Crippen molar-refractivity contribution >= 4 is 5.91 Å². The number of rotatable bonds is 2. The Hall–Kier alpha value is -2.36. The van der Waals surface area contributed by atoms with Gasteiger partial charge in [0.2, 0.25) is 0 Å². The first-order valence-corrected chi connectivity index (χ1v) is 9.37. The molecule has 0 spiro atoms. The van der Waals surface area contributed by atoms with Crippen LogP contribution >= 0.6 is 0 Å². The van der Waals surface area contributed by atoms with Gasteiger partial charge in [0.25, 0.3) is 5.91 Å². The van der Waals surface area contributed by atoms with Gasteiger partial charge in [-0.25, -0.2) is 0 Å². The van der Waals surface area contributed by atoms with Crippen molar-refractivity contribution in [1.82, 2.24) is 24.5 Å². The number of aromatic nitrogens is 4. The third-order valence-corrected chi connectivity index (χ3v) is 5.27. The Morgan fingerprint density at radius 3 is 2.71 bits per heavy atom. The average Bonchev–Trinajstić information content (AvgIpc) is 3.21. The molecule has 0 bridgehead atoms. The second-order valence-electron chi connectivity index (χ2n) is 7.29. The van der Waals surface area contributed by atoms with Gasteiger partial charge in [-0.05, 0) is 26.8 Å². The van der Waals surface area contributed by atoms with Crippen molar-refractivity contribution < 1.29 is 22.7 Å². The highest BCUT2D eigenvalue weighted by molar-refractivity contribution is 5.94. The summed E-state index contributed by atoms with van der Waals surface area (Å²) in [4.78, 5) is 14.9. The number of carbonyl (C=O) groups is 1. The fourth-order valence-corrected chi connectivity index (χ4v) is 3.99. The molecule has 1 amide bonds. The topological polar surface area (TPSA) is 65.2 Å². The molecule has 2 aromatic rings. The van der Waals surface area contributed by atoms with Crippen LogP contribution in [0.15, 0.2) is 6.07 Å². The summed E-state index contributed by atoms with van der Waals surface area (Å²) in [5, 5.41) is 8.18. The van der Waals surface area contributed by atoms with Gasteiger partial charge in [0.15, 0.2) is 5.69 Å². The summed E-state index contributed by atoms with van der Waals surface area (Å²) in [6.07, 6.45) is -4.13. The number of hydrogen-bond donors (Lipinski definition) is 0. The summed E-state index contributed by atoms with van der Waals surface area (Å²) in [7, 11) is 0. The minimum Gasteiger partial charge on any atom is -0.369 e. The van der Waals surface area contributed by atoms with E-state index < -0.39 is 11.9 Å². The fourth-order valence-electron chi connectivity index (χ4n) is 3.99. The van der Waals surface area contributed by atoms with Crippen molar-refractivity contribution in [2.75, 3.05) is 6.54 Å². The van der Waals surface area contributed by atoms with Crippen LogP contribution in [0, 0.1) is 0 Å². The van der Waals surface area contributed by atoms with Crippen LogP contribution in [-0.2, 0) is 37.0 Å². The van der Waals surface area contributed by atoms with E-state index in [9.17, 15) is 18.0 Å². The number of aryl methyl sites for hydroxylation is 1. The van der Waals surface area contributed by atoms with Crippen molar-refractivity contribution in [1.29, 1.82) is 0 Å². The van der Waals surface area contributed by atoms with Gasteiger partial charge in [-0.15, -0.1) is 0 Å². The lowest BCUT2D eigenvalue weighted by Crippen LogP contribution is -2.40. The Morgan fingerprint density at radius 1 is 1.29 bits per heavy atom. The van der Waals surface area contributed by atoms with Gasteiger partial charge in [0, 0.05) is 25.1 Å². The zero-order valence-electron chi connectivity index (χ0n) is 16.0. The molecule has 0 saturated carbocycles. The van der Waals surface area contributed by atoms with Crippen LogP contribution in [0.1, 0.15) is 60.0 Å². The zero-order valence-corrected chi connectivity index (χ0v) is 16.0. The first-order chi connectivity index (χ1) is 13.2. The summed E-state index contributed by atoms with van der Waals surface area (Å²) in [5.41, 5.74) is 1.63. The molecule has 4 heterocycles. The molecule has 0 fully saturated rings.